The van der Waals surface area contributed by atoms with E-state index in [0.717, 1.165) is 18.6 Å². The van der Waals surface area contributed by atoms with Crippen LogP contribution in [0.25, 0.3) is 0 Å². The van der Waals surface area contributed by atoms with Crippen LogP contribution in [-0.2, 0) is 47.9 Å². The summed E-state index contributed by atoms with van der Waals surface area (Å²) in [6.45, 7) is 0.242. The molecule has 0 radical (unpaired) electrons. The molecule has 0 saturated carbocycles. The second-order valence-electron chi connectivity index (χ2n) is 13.7. The summed E-state index contributed by atoms with van der Waals surface area (Å²) in [5, 5.41) is 33.4. The van der Waals surface area contributed by atoms with Gasteiger partial charge in [-0.15, -0.1) is 0 Å². The quantitative estimate of drug-likeness (QED) is 0.0287. The minimum Gasteiger partial charge on any atom is -0.480 e. The molecule has 2 heterocycles. The van der Waals surface area contributed by atoms with Crippen molar-refractivity contribution in [1.29, 1.82) is 0 Å². The van der Waals surface area contributed by atoms with Crippen LogP contribution in [0.4, 0.5) is 4.79 Å². The molecule has 0 aliphatic carbocycles. The third kappa shape index (κ3) is 19.7. The van der Waals surface area contributed by atoms with E-state index < -0.39 is 98.0 Å². The number of rotatable bonds is 26. The maximum absolute atomic E-state index is 13.0. The Hall–Kier alpha value is -5.68. The first-order valence-electron chi connectivity index (χ1n) is 18.3. The van der Waals surface area contributed by atoms with Crippen molar-refractivity contribution >= 4 is 76.9 Å². The molecule has 24 heteroatoms. The Balaban J connectivity index is 1.61. The van der Waals surface area contributed by atoms with Gasteiger partial charge in [-0.3, -0.25) is 47.9 Å². The molecule has 2 aliphatic rings. The molecular weight excluding hydrogens is 774 g/mol. The molecule has 2 saturated heterocycles. The SMILES string of the molecule is CC(C)CC(NC(=O)CNC(=O)CNC(=O)CNC(=O)CNC(=O)CNC(=O)CCCC[C@H]1SCC2NC(=O)NC21)C(=O)NC(CCC(N)=O)C(=O)NCC(=O)O. The van der Waals surface area contributed by atoms with E-state index in [1.54, 1.807) is 25.6 Å². The van der Waals surface area contributed by atoms with Crippen LogP contribution in [0, 0.1) is 5.92 Å². The van der Waals surface area contributed by atoms with Gasteiger partial charge >= 0.3 is 12.0 Å². The van der Waals surface area contributed by atoms with Gasteiger partial charge in [-0.25, -0.2) is 4.79 Å². The number of carboxylic acids is 1. The summed E-state index contributed by atoms with van der Waals surface area (Å²) in [7, 11) is 0. The van der Waals surface area contributed by atoms with Crippen molar-refractivity contribution in [3.8, 4) is 0 Å². The van der Waals surface area contributed by atoms with E-state index in [9.17, 15) is 52.7 Å². The standard InChI is InChI=1S/C33H53N11O12S/c1-17(2)9-19(32(55)42-18(7-8-22(34)45)31(54)40-15-29(52)53)41-28(51)14-39-27(50)13-38-26(49)12-37-25(48)11-36-24(47)10-35-23(46)6-4-3-5-21-30-20(16-57-21)43-33(56)44-30/h17-21,30H,3-16H2,1-2H3,(H2,34,45)(H,35,46)(H,36,47)(H,37,48)(H,38,49)(H,39,50)(H,40,54)(H,41,51)(H,42,55)(H,52,53)(H2,43,44,56)/t18?,19?,20?,21-,30?/m1/s1. The Morgan fingerprint density at radius 2 is 1.23 bits per heavy atom. The maximum atomic E-state index is 13.0. The second kappa shape index (κ2) is 24.8. The Kier molecular flexibility index (Phi) is 20.6. The smallest absolute Gasteiger partial charge is 0.322 e. The Labute approximate surface area is 332 Å². The molecule has 0 aromatic carbocycles. The predicted octanol–water partition coefficient (Wildman–Crippen LogP) is -5.22. The van der Waals surface area contributed by atoms with Gasteiger partial charge in [-0.1, -0.05) is 20.3 Å². The second-order valence-corrected chi connectivity index (χ2v) is 15.0. The molecule has 0 spiro atoms. The van der Waals surface area contributed by atoms with Crippen LogP contribution in [0.15, 0.2) is 0 Å². The monoisotopic (exact) mass is 827 g/mol. The zero-order valence-electron chi connectivity index (χ0n) is 31.8. The van der Waals surface area contributed by atoms with Crippen molar-refractivity contribution in [2.24, 2.45) is 11.7 Å². The zero-order chi connectivity index (χ0) is 42.5. The first-order chi connectivity index (χ1) is 26.9. The van der Waals surface area contributed by atoms with Gasteiger partial charge in [0, 0.05) is 23.8 Å². The minimum atomic E-state index is -1.34. The van der Waals surface area contributed by atoms with Crippen LogP contribution in [0.1, 0.15) is 58.8 Å². The van der Waals surface area contributed by atoms with Crippen LogP contribution in [0.2, 0.25) is 0 Å². The van der Waals surface area contributed by atoms with Gasteiger partial charge in [0.2, 0.25) is 53.2 Å². The van der Waals surface area contributed by atoms with Gasteiger partial charge in [0.25, 0.3) is 0 Å². The van der Waals surface area contributed by atoms with Crippen molar-refractivity contribution < 1.29 is 57.8 Å². The molecule has 0 bridgehead atoms. The molecule has 2 fully saturated rings. The number of primary amides is 1. The summed E-state index contributed by atoms with van der Waals surface area (Å²) in [6, 6.07) is -2.44. The van der Waals surface area contributed by atoms with Crippen molar-refractivity contribution in [3.63, 3.8) is 0 Å². The van der Waals surface area contributed by atoms with E-state index in [2.05, 4.69) is 53.2 Å². The molecule has 2 rings (SSSR count). The van der Waals surface area contributed by atoms with Crippen LogP contribution in [-0.4, -0.2) is 145 Å². The highest BCUT2D eigenvalue weighted by atomic mass is 32.2. The van der Waals surface area contributed by atoms with Crippen molar-refractivity contribution in [2.45, 2.75) is 88.2 Å². The maximum Gasteiger partial charge on any atom is 0.322 e. The molecule has 0 aromatic rings. The highest BCUT2D eigenvalue weighted by Gasteiger charge is 2.42. The molecule has 13 N–H and O–H groups in total. The van der Waals surface area contributed by atoms with E-state index in [4.69, 9.17) is 10.8 Å². The Morgan fingerprint density at radius 3 is 1.75 bits per heavy atom. The van der Waals surface area contributed by atoms with Crippen LogP contribution in [0.3, 0.4) is 0 Å². The largest absolute Gasteiger partial charge is 0.480 e. The number of carbonyl (C=O) groups is 11. The van der Waals surface area contributed by atoms with E-state index in [0.29, 0.717) is 6.42 Å². The minimum absolute atomic E-state index is 0.0935. The number of hydrogen-bond acceptors (Lipinski definition) is 12. The molecule has 4 unspecified atom stereocenters. The van der Waals surface area contributed by atoms with Crippen molar-refractivity contribution in [1.82, 2.24) is 53.2 Å². The van der Waals surface area contributed by atoms with E-state index in [1.807, 2.05) is 0 Å². The molecule has 318 valence electrons. The molecule has 2 aliphatic heterocycles. The van der Waals surface area contributed by atoms with Gasteiger partial charge in [0.1, 0.15) is 18.6 Å². The highest BCUT2D eigenvalue weighted by molar-refractivity contribution is 8.00. The predicted molar refractivity (Wildman–Crippen MR) is 201 cm³/mol. The van der Waals surface area contributed by atoms with E-state index >= 15 is 0 Å². The van der Waals surface area contributed by atoms with Gasteiger partial charge in [-0.05, 0) is 31.6 Å². The molecule has 5 atom stereocenters. The summed E-state index contributed by atoms with van der Waals surface area (Å²) in [5.41, 5.74) is 5.14. The number of fused-ring (bicyclic) bond motifs is 1. The number of hydrogen-bond donors (Lipinski definition) is 12. The van der Waals surface area contributed by atoms with Crippen molar-refractivity contribution in [3.05, 3.63) is 0 Å². The number of carbonyl (C=O) groups excluding carboxylic acids is 10. The summed E-state index contributed by atoms with van der Waals surface area (Å²) < 4.78 is 0. The molecule has 57 heavy (non-hydrogen) atoms. The summed E-state index contributed by atoms with van der Waals surface area (Å²) in [5.74, 6) is -7.06. The summed E-state index contributed by atoms with van der Waals surface area (Å²) in [6.07, 6.45) is 2.03. The summed E-state index contributed by atoms with van der Waals surface area (Å²) >= 11 is 1.79. The lowest BCUT2D eigenvalue weighted by atomic mass is 10.0. The molecule has 23 nitrogen and oxygen atoms in total. The topological polar surface area (TPSA) is 354 Å². The van der Waals surface area contributed by atoms with Crippen LogP contribution >= 0.6 is 11.8 Å². The number of thioether (sulfide) groups is 1. The molecular formula is C33H53N11O12S. The number of nitrogens with two attached hydrogens (primary N) is 1. The normalized spacial score (nSPS) is 17.7. The van der Waals surface area contributed by atoms with E-state index in [-0.39, 0.29) is 67.4 Å². The highest BCUT2D eigenvalue weighted by Crippen LogP contribution is 2.33. The number of aliphatic carboxylic acids is 1. The van der Waals surface area contributed by atoms with Gasteiger partial charge in [-0.2, -0.15) is 11.8 Å². The fourth-order valence-electron chi connectivity index (χ4n) is 5.57. The summed E-state index contributed by atoms with van der Waals surface area (Å²) in [4.78, 5) is 132. The van der Waals surface area contributed by atoms with Gasteiger partial charge < -0.3 is 64.0 Å². The first kappa shape index (κ1) is 47.5. The Morgan fingerprint density at radius 1 is 0.684 bits per heavy atom. The Bertz CT molecular complexity index is 1510. The third-order valence-electron chi connectivity index (χ3n) is 8.40. The fourth-order valence-corrected chi connectivity index (χ4v) is 7.11. The average molecular weight is 828 g/mol. The zero-order valence-corrected chi connectivity index (χ0v) is 32.6. The van der Waals surface area contributed by atoms with Crippen LogP contribution < -0.4 is 58.9 Å². The molecule has 11 amide bonds. The van der Waals surface area contributed by atoms with Gasteiger partial charge in [0.05, 0.1) is 44.8 Å². The van der Waals surface area contributed by atoms with E-state index in [1.165, 1.54) is 0 Å². The number of unbranched alkanes of at least 4 members (excludes halogenated alkanes) is 1. The number of amides is 11. The first-order valence-corrected chi connectivity index (χ1v) is 19.4. The fraction of sp³-hybridized carbons (Fsp3) is 0.667. The number of carboxylic acid groups (broad SMARTS) is 1. The lowest BCUT2D eigenvalue weighted by molar-refractivity contribution is -0.138. The average Bonchev–Trinajstić information content (AvgIpc) is 3.70. The lowest BCUT2D eigenvalue weighted by Gasteiger charge is -2.24. The number of urea groups is 1. The molecule has 0 aromatic heterocycles. The number of nitrogens with one attached hydrogen (secondary N) is 10. The lowest BCUT2D eigenvalue weighted by Crippen LogP contribution is -2.55. The van der Waals surface area contributed by atoms with Crippen molar-refractivity contribution in [2.75, 3.05) is 45.0 Å². The van der Waals surface area contributed by atoms with Gasteiger partial charge in [0.15, 0.2) is 0 Å². The third-order valence-corrected chi connectivity index (χ3v) is 9.90. The van der Waals surface area contributed by atoms with Crippen LogP contribution in [0.5, 0.6) is 0 Å².